The Kier molecular flexibility index (Phi) is 10.7. The largest absolute Gasteiger partial charge is 0.497 e. The van der Waals surface area contributed by atoms with Crippen LogP contribution in [0.4, 0.5) is 4.39 Å². The molecule has 0 saturated heterocycles. The van der Waals surface area contributed by atoms with Gasteiger partial charge in [0.1, 0.15) is 23.4 Å². The van der Waals surface area contributed by atoms with Crippen molar-refractivity contribution >= 4 is 11.8 Å². The van der Waals surface area contributed by atoms with Gasteiger partial charge in [-0.25, -0.2) is 4.39 Å². The third-order valence-electron chi connectivity index (χ3n) is 5.52. The number of rotatable bonds is 13. The Balaban J connectivity index is 2.04. The molecule has 0 fully saturated rings. The van der Waals surface area contributed by atoms with E-state index in [0.29, 0.717) is 25.2 Å². The van der Waals surface area contributed by atoms with Crippen molar-refractivity contribution < 1.29 is 23.5 Å². The van der Waals surface area contributed by atoms with E-state index in [2.05, 4.69) is 5.32 Å². The third-order valence-corrected chi connectivity index (χ3v) is 5.52. The van der Waals surface area contributed by atoms with Gasteiger partial charge in [0.15, 0.2) is 0 Å². The number of halogens is 1. The van der Waals surface area contributed by atoms with E-state index in [0.717, 1.165) is 17.7 Å². The second kappa shape index (κ2) is 13.5. The number of nitrogens with zero attached hydrogens (tertiary/aromatic N) is 1. The quantitative estimate of drug-likeness (QED) is 0.441. The van der Waals surface area contributed by atoms with E-state index in [1.807, 2.05) is 45.0 Å². The van der Waals surface area contributed by atoms with Crippen molar-refractivity contribution in [2.75, 3.05) is 13.7 Å². The highest BCUT2D eigenvalue weighted by Crippen LogP contribution is 2.18. The fourth-order valence-electron chi connectivity index (χ4n) is 3.38. The molecule has 7 heteroatoms. The molecule has 0 aromatic heterocycles. The van der Waals surface area contributed by atoms with Crippen LogP contribution in [0.15, 0.2) is 48.5 Å². The van der Waals surface area contributed by atoms with Crippen molar-refractivity contribution in [1.29, 1.82) is 0 Å². The number of benzene rings is 2. The second-order valence-electron chi connectivity index (χ2n) is 8.02. The fraction of sp³-hybridized carbons (Fsp3) is 0.462. The lowest BCUT2D eigenvalue weighted by Gasteiger charge is -2.31. The van der Waals surface area contributed by atoms with Crippen LogP contribution in [0.3, 0.4) is 0 Å². The van der Waals surface area contributed by atoms with Gasteiger partial charge < -0.3 is 19.7 Å². The molecule has 0 unspecified atom stereocenters. The van der Waals surface area contributed by atoms with Crippen molar-refractivity contribution in [3.05, 3.63) is 59.9 Å². The predicted octanol–water partition coefficient (Wildman–Crippen LogP) is 4.72. The van der Waals surface area contributed by atoms with Gasteiger partial charge in [0.25, 0.3) is 0 Å². The van der Waals surface area contributed by atoms with E-state index in [9.17, 15) is 14.0 Å². The van der Waals surface area contributed by atoms with Crippen LogP contribution >= 0.6 is 0 Å². The van der Waals surface area contributed by atoms with E-state index in [1.165, 1.54) is 12.1 Å². The molecule has 0 saturated carbocycles. The molecule has 6 nitrogen and oxygen atoms in total. The smallest absolute Gasteiger partial charge is 0.243 e. The van der Waals surface area contributed by atoms with Crippen LogP contribution in [0.5, 0.6) is 11.5 Å². The number of methoxy groups -OCH3 is 1. The van der Waals surface area contributed by atoms with E-state index in [-0.39, 0.29) is 36.6 Å². The summed E-state index contributed by atoms with van der Waals surface area (Å²) in [6.07, 6.45) is 2.03. The van der Waals surface area contributed by atoms with Crippen LogP contribution in [-0.2, 0) is 16.1 Å². The maximum Gasteiger partial charge on any atom is 0.243 e. The molecule has 180 valence electrons. The molecule has 2 aromatic carbocycles. The Bertz CT molecular complexity index is 871. The van der Waals surface area contributed by atoms with Crippen molar-refractivity contribution in [1.82, 2.24) is 10.2 Å². The first-order valence-corrected chi connectivity index (χ1v) is 11.5. The van der Waals surface area contributed by atoms with Gasteiger partial charge in [0, 0.05) is 19.0 Å². The number of carbonyl (C=O) groups excluding carboxylic acids is 2. The van der Waals surface area contributed by atoms with E-state index in [4.69, 9.17) is 9.47 Å². The highest BCUT2D eigenvalue weighted by Gasteiger charge is 2.28. The summed E-state index contributed by atoms with van der Waals surface area (Å²) in [6.45, 7) is 6.44. The monoisotopic (exact) mass is 458 g/mol. The molecule has 0 bridgehead atoms. The topological polar surface area (TPSA) is 67.9 Å². The number of nitrogens with one attached hydrogen (secondary N) is 1. The lowest BCUT2D eigenvalue weighted by Crippen LogP contribution is -2.50. The molecule has 2 atom stereocenters. The number of hydrogen-bond acceptors (Lipinski definition) is 4. The molecule has 0 aliphatic rings. The SMILES string of the molecule is CC[C@H](C(=O)N[C@@H](C)CC)N(Cc1ccc(F)cc1)C(=O)CCCOc1ccc(OC)cc1. The van der Waals surface area contributed by atoms with E-state index >= 15 is 0 Å². The lowest BCUT2D eigenvalue weighted by molar-refractivity contribution is -0.141. The highest BCUT2D eigenvalue weighted by atomic mass is 19.1. The van der Waals surface area contributed by atoms with Gasteiger partial charge in [-0.15, -0.1) is 0 Å². The maximum absolute atomic E-state index is 13.3. The summed E-state index contributed by atoms with van der Waals surface area (Å²) in [7, 11) is 1.60. The molecule has 0 aliphatic heterocycles. The summed E-state index contributed by atoms with van der Waals surface area (Å²) in [5, 5.41) is 2.98. The van der Waals surface area contributed by atoms with Crippen LogP contribution < -0.4 is 14.8 Å². The van der Waals surface area contributed by atoms with E-state index in [1.54, 1.807) is 24.1 Å². The number of ether oxygens (including phenoxy) is 2. The summed E-state index contributed by atoms with van der Waals surface area (Å²) in [5.41, 5.74) is 0.772. The van der Waals surface area contributed by atoms with Gasteiger partial charge in [0.05, 0.1) is 13.7 Å². The molecule has 2 aromatic rings. The van der Waals surface area contributed by atoms with Crippen molar-refractivity contribution in [3.8, 4) is 11.5 Å². The molecular weight excluding hydrogens is 423 g/mol. The first-order chi connectivity index (χ1) is 15.9. The average Bonchev–Trinajstić information content (AvgIpc) is 2.83. The molecule has 0 radical (unpaired) electrons. The number of carbonyl (C=O) groups is 2. The Morgan fingerprint density at radius 2 is 1.64 bits per heavy atom. The first kappa shape index (κ1) is 26.2. The van der Waals surface area contributed by atoms with Gasteiger partial charge in [0.2, 0.25) is 11.8 Å². The van der Waals surface area contributed by atoms with Crippen LogP contribution in [0.25, 0.3) is 0 Å². The molecular formula is C26H35FN2O4. The Morgan fingerprint density at radius 3 is 2.21 bits per heavy atom. The minimum absolute atomic E-state index is 0.0206. The summed E-state index contributed by atoms with van der Waals surface area (Å²) in [4.78, 5) is 27.7. The number of amides is 2. The zero-order chi connectivity index (χ0) is 24.2. The normalized spacial score (nSPS) is 12.5. The Hall–Kier alpha value is -3.09. The molecule has 2 amide bonds. The lowest BCUT2D eigenvalue weighted by atomic mass is 10.1. The van der Waals surface area contributed by atoms with Crippen LogP contribution in [0, 0.1) is 5.82 Å². The first-order valence-electron chi connectivity index (χ1n) is 11.5. The second-order valence-corrected chi connectivity index (χ2v) is 8.02. The third kappa shape index (κ3) is 8.40. The highest BCUT2D eigenvalue weighted by molar-refractivity contribution is 5.87. The molecule has 0 aliphatic carbocycles. The Labute approximate surface area is 196 Å². The van der Waals surface area contributed by atoms with Gasteiger partial charge in [-0.2, -0.15) is 0 Å². The predicted molar refractivity (Wildman–Crippen MR) is 127 cm³/mol. The van der Waals surface area contributed by atoms with Crippen LogP contribution in [-0.4, -0.2) is 42.5 Å². The van der Waals surface area contributed by atoms with Crippen LogP contribution in [0.2, 0.25) is 0 Å². The zero-order valence-electron chi connectivity index (χ0n) is 20.0. The van der Waals surface area contributed by atoms with Gasteiger partial charge in [-0.05, 0) is 68.1 Å². The van der Waals surface area contributed by atoms with Crippen molar-refractivity contribution in [2.24, 2.45) is 0 Å². The van der Waals surface area contributed by atoms with Crippen molar-refractivity contribution in [2.45, 2.75) is 65.1 Å². The molecule has 2 rings (SSSR count). The van der Waals surface area contributed by atoms with Gasteiger partial charge >= 0.3 is 0 Å². The van der Waals surface area contributed by atoms with Crippen LogP contribution in [0.1, 0.15) is 52.0 Å². The van der Waals surface area contributed by atoms with Crippen molar-refractivity contribution in [3.63, 3.8) is 0 Å². The zero-order valence-corrected chi connectivity index (χ0v) is 20.0. The average molecular weight is 459 g/mol. The molecule has 33 heavy (non-hydrogen) atoms. The van der Waals surface area contributed by atoms with Gasteiger partial charge in [-0.3, -0.25) is 9.59 Å². The minimum atomic E-state index is -0.598. The summed E-state index contributed by atoms with van der Waals surface area (Å²) in [5.74, 6) is 0.801. The Morgan fingerprint density at radius 1 is 1.00 bits per heavy atom. The fourth-order valence-corrected chi connectivity index (χ4v) is 3.38. The minimum Gasteiger partial charge on any atom is -0.497 e. The van der Waals surface area contributed by atoms with Gasteiger partial charge in [-0.1, -0.05) is 26.0 Å². The molecule has 0 heterocycles. The molecule has 1 N–H and O–H groups in total. The standard InChI is InChI=1S/C26H35FN2O4/c1-5-19(3)28-26(31)24(6-2)29(18-20-9-11-21(27)12-10-20)25(30)8-7-17-33-23-15-13-22(32-4)14-16-23/h9-16,19,24H,5-8,17-18H2,1-4H3,(H,28,31)/t19-,24+/m0/s1. The number of hydrogen-bond donors (Lipinski definition) is 1. The molecule has 0 spiro atoms. The van der Waals surface area contributed by atoms with E-state index < -0.39 is 6.04 Å². The summed E-state index contributed by atoms with van der Waals surface area (Å²) < 4.78 is 24.2. The summed E-state index contributed by atoms with van der Waals surface area (Å²) in [6, 6.07) is 12.7. The summed E-state index contributed by atoms with van der Waals surface area (Å²) >= 11 is 0. The maximum atomic E-state index is 13.3.